The lowest BCUT2D eigenvalue weighted by molar-refractivity contribution is -0.155. The summed E-state index contributed by atoms with van der Waals surface area (Å²) in [5.74, 6) is -2.21. The normalized spacial score (nSPS) is 22.3. The van der Waals surface area contributed by atoms with Crippen LogP contribution in [0.1, 0.15) is 70.5 Å². The minimum Gasteiger partial charge on any atom is -0.481 e. The van der Waals surface area contributed by atoms with Gasteiger partial charge in [-0.2, -0.15) is 0 Å². The van der Waals surface area contributed by atoms with Gasteiger partial charge in [0.25, 0.3) is 0 Å². The summed E-state index contributed by atoms with van der Waals surface area (Å²) in [6, 6.07) is 13.8. The van der Waals surface area contributed by atoms with Crippen molar-refractivity contribution >= 4 is 44.9 Å². The molecule has 2 aromatic rings. The number of carbonyl (C=O) groups is 2. The van der Waals surface area contributed by atoms with Crippen LogP contribution in [0, 0.1) is 5.41 Å². The molecule has 1 N–H and O–H groups in total. The minimum absolute atomic E-state index is 0.245. The van der Waals surface area contributed by atoms with Gasteiger partial charge < -0.3 is 10.0 Å². The number of nitrogens with zero attached hydrogens (tertiary/aromatic N) is 1. The van der Waals surface area contributed by atoms with Crippen LogP contribution in [0.25, 0.3) is 0 Å². The Hall–Kier alpha value is -2.35. The highest BCUT2D eigenvalue weighted by Crippen LogP contribution is 2.53. The number of piperidine rings is 1. The molecule has 200 valence electrons. The number of carbonyl (C=O) groups excluding carboxylic acids is 1. The lowest BCUT2D eigenvalue weighted by atomic mass is 9.67. The lowest BCUT2D eigenvalue weighted by Gasteiger charge is -2.50. The monoisotopic (exact) mass is 565 g/mol. The van der Waals surface area contributed by atoms with Gasteiger partial charge in [-0.25, -0.2) is 8.42 Å². The molecule has 1 fully saturated rings. The molecule has 1 amide bonds. The molecule has 2 aromatic carbocycles. The second-order valence-electron chi connectivity index (χ2n) is 10.5. The minimum atomic E-state index is -3.59. The van der Waals surface area contributed by atoms with Crippen LogP contribution >= 0.6 is 23.2 Å². The van der Waals surface area contributed by atoms with Gasteiger partial charge in [-0.05, 0) is 69.5 Å². The van der Waals surface area contributed by atoms with E-state index in [0.29, 0.717) is 21.3 Å². The number of sulfone groups is 1. The van der Waals surface area contributed by atoms with Gasteiger partial charge in [0.15, 0.2) is 9.84 Å². The maximum absolute atomic E-state index is 14.3. The first kappa shape index (κ1) is 29.2. The van der Waals surface area contributed by atoms with Crippen LogP contribution in [0.15, 0.2) is 59.8 Å². The maximum atomic E-state index is 14.3. The molecule has 6 nitrogen and oxygen atoms in total. The van der Waals surface area contributed by atoms with Gasteiger partial charge in [-0.15, -0.1) is 0 Å². The molecule has 1 saturated heterocycles. The van der Waals surface area contributed by atoms with Gasteiger partial charge in [0.05, 0.1) is 28.9 Å². The van der Waals surface area contributed by atoms with Crippen molar-refractivity contribution in [3.63, 3.8) is 0 Å². The SMILES string of the molecule is CC(C)=C(CS(=O)(=O)C(C)C)N1C(=O)[C@@](C)(CC(=O)O)C[C@H](c2cccc(Cl)c2)[C@H]1c1ccc(Cl)cc1. The lowest BCUT2D eigenvalue weighted by Crippen LogP contribution is -2.53. The quantitative estimate of drug-likeness (QED) is 0.386. The summed E-state index contributed by atoms with van der Waals surface area (Å²) >= 11 is 12.5. The van der Waals surface area contributed by atoms with E-state index in [4.69, 9.17) is 23.2 Å². The zero-order valence-corrected chi connectivity index (χ0v) is 24.0. The Morgan fingerprint density at radius 1 is 1.08 bits per heavy atom. The number of allylic oxidation sites excluding steroid dienone is 1. The third-order valence-corrected chi connectivity index (χ3v) is 9.62. The number of hydrogen-bond donors (Lipinski definition) is 1. The zero-order chi connectivity index (χ0) is 27.7. The molecule has 0 aliphatic carbocycles. The van der Waals surface area contributed by atoms with Gasteiger partial charge in [-0.3, -0.25) is 9.59 Å². The summed E-state index contributed by atoms with van der Waals surface area (Å²) in [5, 5.41) is 10.1. The van der Waals surface area contributed by atoms with E-state index in [1.54, 1.807) is 52.8 Å². The molecule has 1 aliphatic heterocycles. The summed E-state index contributed by atoms with van der Waals surface area (Å²) in [7, 11) is -3.59. The molecule has 9 heteroatoms. The Bertz CT molecular complexity index is 1320. The van der Waals surface area contributed by atoms with Crippen molar-refractivity contribution in [2.45, 2.75) is 64.7 Å². The Labute approximate surface area is 229 Å². The number of carboxylic acid groups (broad SMARTS) is 1. The van der Waals surface area contributed by atoms with Crippen LogP contribution in [0.2, 0.25) is 10.0 Å². The molecule has 37 heavy (non-hydrogen) atoms. The molecule has 3 rings (SSSR count). The van der Waals surface area contributed by atoms with E-state index in [9.17, 15) is 23.1 Å². The number of hydrogen-bond acceptors (Lipinski definition) is 4. The third-order valence-electron chi connectivity index (χ3n) is 7.02. The first-order valence-corrected chi connectivity index (χ1v) is 14.6. The van der Waals surface area contributed by atoms with Gasteiger partial charge in [0.1, 0.15) is 0 Å². The van der Waals surface area contributed by atoms with Crippen LogP contribution in [0.4, 0.5) is 0 Å². The maximum Gasteiger partial charge on any atom is 0.304 e. The molecule has 0 saturated carbocycles. The van der Waals surface area contributed by atoms with Crippen molar-refractivity contribution in [3.05, 3.63) is 81.0 Å². The highest BCUT2D eigenvalue weighted by atomic mass is 35.5. The highest BCUT2D eigenvalue weighted by Gasteiger charge is 2.52. The standard InChI is InChI=1S/C28H33Cl2NO5S/c1-17(2)24(16-37(35,36)18(3)4)31-26(19-9-11-21(29)12-10-19)23(20-7-6-8-22(30)13-20)14-28(5,27(31)34)15-25(32)33/h6-13,18,23,26H,14-16H2,1-5H3,(H,32,33)/t23-,26-,28-/m1/s1. The summed E-state index contributed by atoms with van der Waals surface area (Å²) in [6.07, 6.45) is -0.144. The van der Waals surface area contributed by atoms with Crippen LogP contribution < -0.4 is 0 Å². The molecule has 0 unspecified atom stereocenters. The van der Waals surface area contributed by atoms with Crippen LogP contribution in [-0.4, -0.2) is 41.3 Å². The molecule has 1 heterocycles. The Balaban J connectivity index is 2.34. The van der Waals surface area contributed by atoms with Gasteiger partial charge in [0.2, 0.25) is 5.91 Å². The van der Waals surface area contributed by atoms with E-state index in [1.165, 1.54) is 4.90 Å². The third kappa shape index (κ3) is 6.39. The summed E-state index contributed by atoms with van der Waals surface area (Å²) in [5.41, 5.74) is 1.36. The number of rotatable bonds is 8. The fourth-order valence-corrected chi connectivity index (χ4v) is 6.41. The first-order chi connectivity index (χ1) is 17.2. The zero-order valence-electron chi connectivity index (χ0n) is 21.7. The van der Waals surface area contributed by atoms with E-state index in [1.807, 2.05) is 30.3 Å². The Kier molecular flexibility index (Phi) is 8.82. The average Bonchev–Trinajstić information content (AvgIpc) is 2.79. The van der Waals surface area contributed by atoms with E-state index in [-0.39, 0.29) is 24.5 Å². The van der Waals surface area contributed by atoms with Crippen molar-refractivity contribution in [1.82, 2.24) is 4.90 Å². The number of amides is 1. The van der Waals surface area contributed by atoms with Crippen molar-refractivity contribution in [3.8, 4) is 0 Å². The van der Waals surface area contributed by atoms with E-state index in [2.05, 4.69) is 0 Å². The van der Waals surface area contributed by atoms with Crippen molar-refractivity contribution < 1.29 is 23.1 Å². The summed E-state index contributed by atoms with van der Waals surface area (Å²) in [4.78, 5) is 27.7. The first-order valence-electron chi connectivity index (χ1n) is 12.1. The fourth-order valence-electron chi connectivity index (χ4n) is 4.94. The van der Waals surface area contributed by atoms with E-state index >= 15 is 0 Å². The fraction of sp³-hybridized carbons (Fsp3) is 0.429. The highest BCUT2D eigenvalue weighted by molar-refractivity contribution is 7.92. The smallest absolute Gasteiger partial charge is 0.304 e. The number of halogens is 2. The second-order valence-corrected chi connectivity index (χ2v) is 13.9. The van der Waals surface area contributed by atoms with Crippen LogP contribution in [-0.2, 0) is 19.4 Å². The van der Waals surface area contributed by atoms with Gasteiger partial charge >= 0.3 is 5.97 Å². The number of benzene rings is 2. The second kappa shape index (κ2) is 11.2. The number of likely N-dealkylation sites (tertiary alicyclic amines) is 1. The number of carboxylic acids is 1. The van der Waals surface area contributed by atoms with Gasteiger partial charge in [0, 0.05) is 21.7 Å². The molecular weight excluding hydrogens is 533 g/mol. The largest absolute Gasteiger partial charge is 0.481 e. The van der Waals surface area contributed by atoms with E-state index < -0.39 is 38.4 Å². The molecule has 0 spiro atoms. The average molecular weight is 567 g/mol. The molecule has 1 aliphatic rings. The topological polar surface area (TPSA) is 91.8 Å². The predicted octanol–water partition coefficient (Wildman–Crippen LogP) is 6.65. The molecule has 3 atom stereocenters. The molecule has 0 radical (unpaired) electrons. The van der Waals surface area contributed by atoms with E-state index in [0.717, 1.165) is 11.1 Å². The van der Waals surface area contributed by atoms with Gasteiger partial charge in [-0.1, -0.05) is 60.0 Å². The molecular formula is C28H33Cl2NO5S. The molecule has 0 aromatic heterocycles. The van der Waals surface area contributed by atoms with Crippen LogP contribution in [0.5, 0.6) is 0 Å². The predicted molar refractivity (Wildman–Crippen MR) is 148 cm³/mol. The number of aliphatic carboxylic acids is 1. The summed E-state index contributed by atoms with van der Waals surface area (Å²) in [6.45, 7) is 8.40. The van der Waals surface area contributed by atoms with Crippen molar-refractivity contribution in [2.75, 3.05) is 5.75 Å². The molecule has 0 bridgehead atoms. The Morgan fingerprint density at radius 3 is 2.22 bits per heavy atom. The van der Waals surface area contributed by atoms with Crippen LogP contribution in [0.3, 0.4) is 0 Å². The Morgan fingerprint density at radius 2 is 1.70 bits per heavy atom. The van der Waals surface area contributed by atoms with Crippen molar-refractivity contribution in [2.24, 2.45) is 5.41 Å². The summed E-state index contributed by atoms with van der Waals surface area (Å²) < 4.78 is 26.2. The van der Waals surface area contributed by atoms with Crippen molar-refractivity contribution in [1.29, 1.82) is 0 Å².